The van der Waals surface area contributed by atoms with Crippen LogP contribution in [0, 0.1) is 6.92 Å². The van der Waals surface area contributed by atoms with Gasteiger partial charge in [0.15, 0.2) is 0 Å². The van der Waals surface area contributed by atoms with Crippen molar-refractivity contribution in [2.75, 3.05) is 6.61 Å². The van der Waals surface area contributed by atoms with Gasteiger partial charge in [-0.25, -0.2) is 0 Å². The number of phenolic OH excluding ortho intramolecular Hbond substituents is 1. The van der Waals surface area contributed by atoms with E-state index in [1.54, 1.807) is 6.07 Å². The third-order valence-corrected chi connectivity index (χ3v) is 6.26. The molecule has 0 fully saturated rings. The maximum atomic E-state index is 9.69. The second-order valence-corrected chi connectivity index (χ2v) is 9.11. The molecule has 1 rings (SSSR count). The number of rotatable bonds is 21. The fraction of sp³-hybridized carbons (Fsp3) is 0.786. The first-order chi connectivity index (χ1) is 14.8. The Morgan fingerprint density at radius 1 is 0.600 bits per heavy atom. The molecule has 2 nitrogen and oxygen atoms in total. The minimum Gasteiger partial charge on any atom is -0.508 e. The molecule has 0 saturated heterocycles. The fourth-order valence-corrected chi connectivity index (χ4v) is 4.12. The Bertz CT molecular complexity index is 497. The largest absolute Gasteiger partial charge is 0.508 e. The predicted octanol–water partition coefficient (Wildman–Crippen LogP) is 9.51. The monoisotopic (exact) mass is 418 g/mol. The molecule has 2 heteroatoms. The highest BCUT2D eigenvalue weighted by Gasteiger charge is 2.03. The first-order valence-corrected chi connectivity index (χ1v) is 13.2. The van der Waals surface area contributed by atoms with E-state index in [1.807, 2.05) is 19.1 Å². The molecule has 1 aromatic rings. The number of unbranched alkanes of at least 4 members (excludes halogenated alkanes) is 18. The van der Waals surface area contributed by atoms with Gasteiger partial charge in [-0.05, 0) is 25.5 Å². The summed E-state index contributed by atoms with van der Waals surface area (Å²) in [5, 5.41) is 9.69. The van der Waals surface area contributed by atoms with Gasteiger partial charge in [-0.1, -0.05) is 129 Å². The SMILES string of the molecule is CCCCCCCCCCCCCCCCCCCCCOc1cccc(O)c1C. The lowest BCUT2D eigenvalue weighted by Crippen LogP contribution is -1.98. The Morgan fingerprint density at radius 2 is 1.00 bits per heavy atom. The highest BCUT2D eigenvalue weighted by molar-refractivity contribution is 5.42. The van der Waals surface area contributed by atoms with E-state index in [0.717, 1.165) is 24.3 Å². The highest BCUT2D eigenvalue weighted by atomic mass is 16.5. The Labute approximate surface area is 187 Å². The summed E-state index contributed by atoms with van der Waals surface area (Å²) >= 11 is 0. The van der Waals surface area contributed by atoms with Crippen LogP contribution in [0.25, 0.3) is 0 Å². The lowest BCUT2D eigenvalue weighted by molar-refractivity contribution is 0.300. The summed E-state index contributed by atoms with van der Waals surface area (Å²) in [5.41, 5.74) is 0.843. The van der Waals surface area contributed by atoms with Gasteiger partial charge < -0.3 is 9.84 Å². The second-order valence-electron chi connectivity index (χ2n) is 9.11. The molecule has 0 aliphatic rings. The maximum absolute atomic E-state index is 9.69. The van der Waals surface area contributed by atoms with Gasteiger partial charge in [0.1, 0.15) is 11.5 Å². The Balaban J connectivity index is 1.74. The van der Waals surface area contributed by atoms with E-state index in [0.29, 0.717) is 5.75 Å². The molecule has 0 amide bonds. The van der Waals surface area contributed by atoms with Crippen molar-refractivity contribution in [1.29, 1.82) is 0 Å². The summed E-state index contributed by atoms with van der Waals surface area (Å²) in [6.07, 6.45) is 26.6. The average Bonchev–Trinajstić information content (AvgIpc) is 2.75. The lowest BCUT2D eigenvalue weighted by atomic mass is 10.0. The van der Waals surface area contributed by atoms with Crippen molar-refractivity contribution in [2.24, 2.45) is 0 Å². The second kappa shape index (κ2) is 19.8. The Hall–Kier alpha value is -1.18. The highest BCUT2D eigenvalue weighted by Crippen LogP contribution is 2.26. The molecular formula is C28H50O2. The van der Waals surface area contributed by atoms with E-state index in [-0.39, 0.29) is 0 Å². The molecule has 0 unspecified atom stereocenters. The van der Waals surface area contributed by atoms with E-state index >= 15 is 0 Å². The molecule has 0 aliphatic carbocycles. The summed E-state index contributed by atoms with van der Waals surface area (Å²) in [6.45, 7) is 4.95. The van der Waals surface area contributed by atoms with E-state index < -0.39 is 0 Å². The Kier molecular flexibility index (Phi) is 17.7. The summed E-state index contributed by atoms with van der Waals surface area (Å²) in [4.78, 5) is 0. The molecule has 1 aromatic carbocycles. The van der Waals surface area contributed by atoms with Gasteiger partial charge in [-0.2, -0.15) is 0 Å². The molecule has 0 aromatic heterocycles. The quantitative estimate of drug-likeness (QED) is 0.201. The van der Waals surface area contributed by atoms with Gasteiger partial charge in [0.2, 0.25) is 0 Å². The van der Waals surface area contributed by atoms with Gasteiger partial charge in [0.25, 0.3) is 0 Å². The molecule has 0 radical (unpaired) electrons. The molecule has 0 bridgehead atoms. The van der Waals surface area contributed by atoms with Crippen molar-refractivity contribution in [2.45, 2.75) is 136 Å². The molecule has 0 aliphatic heterocycles. The van der Waals surface area contributed by atoms with Crippen LogP contribution in [0.1, 0.15) is 134 Å². The van der Waals surface area contributed by atoms with Crippen molar-refractivity contribution in [3.63, 3.8) is 0 Å². The lowest BCUT2D eigenvalue weighted by Gasteiger charge is -2.09. The van der Waals surface area contributed by atoms with Crippen molar-refractivity contribution < 1.29 is 9.84 Å². The molecule has 174 valence electrons. The predicted molar refractivity (Wildman–Crippen MR) is 132 cm³/mol. The van der Waals surface area contributed by atoms with Crippen LogP contribution in [0.15, 0.2) is 18.2 Å². The van der Waals surface area contributed by atoms with Crippen molar-refractivity contribution in [1.82, 2.24) is 0 Å². The first-order valence-electron chi connectivity index (χ1n) is 13.2. The number of hydrogen-bond donors (Lipinski definition) is 1. The van der Waals surface area contributed by atoms with Crippen molar-refractivity contribution in [3.8, 4) is 11.5 Å². The summed E-state index contributed by atoms with van der Waals surface area (Å²) in [7, 11) is 0. The summed E-state index contributed by atoms with van der Waals surface area (Å²) in [6, 6.07) is 5.48. The smallest absolute Gasteiger partial charge is 0.125 e. The van der Waals surface area contributed by atoms with Crippen LogP contribution >= 0.6 is 0 Å². The fourth-order valence-electron chi connectivity index (χ4n) is 4.12. The normalized spacial score (nSPS) is 11.1. The van der Waals surface area contributed by atoms with Gasteiger partial charge >= 0.3 is 0 Å². The summed E-state index contributed by atoms with van der Waals surface area (Å²) in [5.74, 6) is 1.14. The molecule has 0 saturated carbocycles. The number of hydrogen-bond acceptors (Lipinski definition) is 2. The third-order valence-electron chi connectivity index (χ3n) is 6.26. The maximum Gasteiger partial charge on any atom is 0.125 e. The van der Waals surface area contributed by atoms with E-state index in [1.165, 1.54) is 116 Å². The third kappa shape index (κ3) is 14.7. The number of ether oxygens (including phenoxy) is 1. The zero-order chi connectivity index (χ0) is 21.7. The van der Waals surface area contributed by atoms with Crippen LogP contribution in [-0.4, -0.2) is 11.7 Å². The number of aromatic hydroxyl groups is 1. The molecule has 0 heterocycles. The zero-order valence-corrected chi connectivity index (χ0v) is 20.2. The summed E-state index contributed by atoms with van der Waals surface area (Å²) < 4.78 is 5.79. The van der Waals surface area contributed by atoms with Crippen molar-refractivity contribution >= 4 is 0 Å². The topological polar surface area (TPSA) is 29.5 Å². The molecule has 0 spiro atoms. The minimum atomic E-state index is 0.320. The zero-order valence-electron chi connectivity index (χ0n) is 20.2. The molecule has 30 heavy (non-hydrogen) atoms. The van der Waals surface area contributed by atoms with Crippen LogP contribution in [0.2, 0.25) is 0 Å². The van der Waals surface area contributed by atoms with Crippen LogP contribution in [0.3, 0.4) is 0 Å². The van der Waals surface area contributed by atoms with Crippen LogP contribution < -0.4 is 4.74 Å². The van der Waals surface area contributed by atoms with Gasteiger partial charge in [-0.15, -0.1) is 0 Å². The standard InChI is InChI=1S/C28H50O2/c1-3-4-5-6-7-8-9-10-11-12-13-14-15-16-17-18-19-20-21-25-30-28-24-22-23-27(29)26(28)2/h22-24,29H,3-21,25H2,1-2H3. The van der Waals surface area contributed by atoms with Crippen LogP contribution in [0.4, 0.5) is 0 Å². The van der Waals surface area contributed by atoms with Gasteiger partial charge in [0.05, 0.1) is 6.61 Å². The van der Waals surface area contributed by atoms with Gasteiger partial charge in [-0.3, -0.25) is 0 Å². The average molecular weight is 419 g/mol. The Morgan fingerprint density at radius 3 is 1.43 bits per heavy atom. The molecular weight excluding hydrogens is 368 g/mol. The minimum absolute atomic E-state index is 0.320. The number of benzene rings is 1. The molecule has 0 atom stereocenters. The van der Waals surface area contributed by atoms with E-state index in [9.17, 15) is 5.11 Å². The number of phenols is 1. The van der Waals surface area contributed by atoms with E-state index in [2.05, 4.69) is 6.92 Å². The van der Waals surface area contributed by atoms with E-state index in [4.69, 9.17) is 4.74 Å². The molecule has 1 N–H and O–H groups in total. The van der Waals surface area contributed by atoms with Crippen molar-refractivity contribution in [3.05, 3.63) is 23.8 Å². The van der Waals surface area contributed by atoms with Gasteiger partial charge in [0, 0.05) is 5.56 Å². The van der Waals surface area contributed by atoms with Crippen LogP contribution in [0.5, 0.6) is 11.5 Å². The van der Waals surface area contributed by atoms with Crippen LogP contribution in [-0.2, 0) is 0 Å². The first kappa shape index (κ1) is 26.9.